The van der Waals surface area contributed by atoms with E-state index in [4.69, 9.17) is 9.47 Å². The summed E-state index contributed by atoms with van der Waals surface area (Å²) in [5, 5.41) is 0. The second-order valence-corrected chi connectivity index (χ2v) is 8.93. The van der Waals surface area contributed by atoms with Gasteiger partial charge in [-0.2, -0.15) is 0 Å². The fraction of sp³-hybridized carbons (Fsp3) is 0.800. The van der Waals surface area contributed by atoms with Gasteiger partial charge in [0.25, 0.3) is 0 Å². The molecule has 0 radical (unpaired) electrons. The van der Waals surface area contributed by atoms with E-state index >= 15 is 0 Å². The molecule has 4 atom stereocenters. The van der Waals surface area contributed by atoms with Gasteiger partial charge in [-0.05, 0) is 75.0 Å². The van der Waals surface area contributed by atoms with Crippen LogP contribution < -0.4 is 0 Å². The molecule has 0 N–H and O–H groups in total. The highest BCUT2D eigenvalue weighted by atomic mass is 16.6. The number of fused-ring (bicyclic) bond motifs is 4. The number of ether oxygens (including phenoxy) is 2. The molecule has 140 valence electrons. The Morgan fingerprint density at radius 1 is 0.423 bits per heavy atom. The van der Waals surface area contributed by atoms with Crippen LogP contribution in [0.5, 0.6) is 0 Å². The molecule has 0 aromatic rings. The summed E-state index contributed by atoms with van der Waals surface area (Å²) in [6.45, 7) is 0. The molecule has 26 heavy (non-hydrogen) atoms. The molecule has 6 aliphatic carbocycles. The van der Waals surface area contributed by atoms with Crippen LogP contribution in [0.1, 0.15) is 51.4 Å². The van der Waals surface area contributed by atoms with Crippen molar-refractivity contribution in [2.75, 3.05) is 0 Å². The monoisotopic (exact) mass is 360 g/mol. The van der Waals surface area contributed by atoms with Gasteiger partial charge in [0.05, 0.1) is 23.7 Å². The number of cyclic esters (lactones) is 4. The van der Waals surface area contributed by atoms with Crippen LogP contribution in [0.2, 0.25) is 0 Å². The summed E-state index contributed by atoms with van der Waals surface area (Å²) < 4.78 is 9.42. The van der Waals surface area contributed by atoms with E-state index in [2.05, 4.69) is 0 Å². The van der Waals surface area contributed by atoms with Gasteiger partial charge in [0.2, 0.25) is 0 Å². The van der Waals surface area contributed by atoms with Gasteiger partial charge in [-0.25, -0.2) is 0 Å². The molecule has 0 unspecified atom stereocenters. The number of carbonyl (C=O) groups is 4. The van der Waals surface area contributed by atoms with Crippen LogP contribution in [-0.2, 0) is 28.7 Å². The SMILES string of the molecule is O=C1OC(=O)[C@H]2C3CCC(CC3)[C@@H]12.O=C1OC(=O)[C@H]2C3CCC(CC3)[C@@H]12. The summed E-state index contributed by atoms with van der Waals surface area (Å²) in [5.41, 5.74) is 0. The number of carbonyl (C=O) groups excluding carboxylic acids is 4. The number of rotatable bonds is 0. The molecule has 6 saturated carbocycles. The van der Waals surface area contributed by atoms with Crippen LogP contribution in [0.15, 0.2) is 0 Å². The lowest BCUT2D eigenvalue weighted by Crippen LogP contribution is -2.41. The fourth-order valence-electron chi connectivity index (χ4n) is 6.73. The Balaban J connectivity index is 0.000000115. The lowest BCUT2D eigenvalue weighted by Gasteiger charge is -2.41. The average Bonchev–Trinajstić information content (AvgIpc) is 3.17. The van der Waals surface area contributed by atoms with Crippen molar-refractivity contribution in [1.29, 1.82) is 0 Å². The summed E-state index contributed by atoms with van der Waals surface area (Å²) in [5.74, 6) is 0.494. The summed E-state index contributed by atoms with van der Waals surface area (Å²) in [6.07, 6.45) is 8.95. The van der Waals surface area contributed by atoms with Crippen molar-refractivity contribution < 1.29 is 28.7 Å². The third-order valence-electron chi connectivity index (χ3n) is 7.93. The van der Waals surface area contributed by atoms with E-state index in [1.54, 1.807) is 0 Å². The minimum absolute atomic E-state index is 0.0694. The smallest absolute Gasteiger partial charge is 0.317 e. The summed E-state index contributed by atoms with van der Waals surface area (Å²) >= 11 is 0. The molecule has 2 saturated heterocycles. The molecule has 2 aliphatic heterocycles. The van der Waals surface area contributed by atoms with Gasteiger partial charge >= 0.3 is 23.9 Å². The first kappa shape index (κ1) is 16.5. The predicted molar refractivity (Wildman–Crippen MR) is 87.1 cm³/mol. The fourth-order valence-corrected chi connectivity index (χ4v) is 6.73. The highest BCUT2D eigenvalue weighted by molar-refractivity contribution is 5.97. The molecule has 6 nitrogen and oxygen atoms in total. The molecule has 4 bridgehead atoms. The van der Waals surface area contributed by atoms with E-state index in [0.29, 0.717) is 23.7 Å². The number of hydrogen-bond donors (Lipinski definition) is 0. The third kappa shape index (κ3) is 2.30. The van der Waals surface area contributed by atoms with Crippen molar-refractivity contribution in [2.24, 2.45) is 47.3 Å². The van der Waals surface area contributed by atoms with Gasteiger partial charge in [-0.15, -0.1) is 0 Å². The Morgan fingerprint density at radius 2 is 0.615 bits per heavy atom. The molecule has 0 aromatic heterocycles. The van der Waals surface area contributed by atoms with Gasteiger partial charge in [0, 0.05) is 0 Å². The Labute approximate surface area is 152 Å². The Morgan fingerprint density at radius 3 is 0.808 bits per heavy atom. The van der Waals surface area contributed by atoms with Crippen molar-refractivity contribution in [3.63, 3.8) is 0 Å². The molecule has 8 fully saturated rings. The maximum Gasteiger partial charge on any atom is 0.317 e. The van der Waals surface area contributed by atoms with Gasteiger partial charge in [0.15, 0.2) is 0 Å². The highest BCUT2D eigenvalue weighted by Gasteiger charge is 2.57. The molecule has 0 aromatic carbocycles. The molecular formula is C20H24O6. The van der Waals surface area contributed by atoms with E-state index < -0.39 is 0 Å². The number of esters is 4. The van der Waals surface area contributed by atoms with E-state index in [-0.39, 0.29) is 47.5 Å². The molecule has 2 heterocycles. The predicted octanol–water partition coefficient (Wildman–Crippen LogP) is 2.24. The van der Waals surface area contributed by atoms with E-state index in [1.807, 2.05) is 0 Å². The lowest BCUT2D eigenvalue weighted by molar-refractivity contribution is -0.155. The van der Waals surface area contributed by atoms with Crippen LogP contribution in [0.25, 0.3) is 0 Å². The maximum absolute atomic E-state index is 11.4. The molecule has 6 heteroatoms. The van der Waals surface area contributed by atoms with E-state index in [9.17, 15) is 19.2 Å². The summed E-state index contributed by atoms with van der Waals surface area (Å²) in [4.78, 5) is 45.5. The second-order valence-electron chi connectivity index (χ2n) is 8.93. The zero-order chi connectivity index (χ0) is 18.0. The molecule has 0 spiro atoms. The van der Waals surface area contributed by atoms with Crippen LogP contribution in [0.4, 0.5) is 0 Å². The van der Waals surface area contributed by atoms with Crippen molar-refractivity contribution in [3.8, 4) is 0 Å². The zero-order valence-electron chi connectivity index (χ0n) is 14.7. The second kappa shape index (κ2) is 5.89. The average molecular weight is 360 g/mol. The van der Waals surface area contributed by atoms with Crippen LogP contribution >= 0.6 is 0 Å². The third-order valence-corrected chi connectivity index (χ3v) is 7.93. The topological polar surface area (TPSA) is 86.7 Å². The summed E-state index contributed by atoms with van der Waals surface area (Å²) in [7, 11) is 0. The molecule has 8 aliphatic rings. The minimum Gasteiger partial charge on any atom is -0.393 e. The molecular weight excluding hydrogens is 336 g/mol. The molecule has 8 rings (SSSR count). The quantitative estimate of drug-likeness (QED) is 0.486. The Kier molecular flexibility index (Phi) is 3.73. The lowest BCUT2D eigenvalue weighted by atomic mass is 9.59. The van der Waals surface area contributed by atoms with Crippen LogP contribution in [-0.4, -0.2) is 23.9 Å². The van der Waals surface area contributed by atoms with Gasteiger partial charge in [-0.1, -0.05) is 0 Å². The summed E-state index contributed by atoms with van der Waals surface area (Å²) in [6, 6.07) is 0. The highest BCUT2D eigenvalue weighted by Crippen LogP contribution is 2.53. The van der Waals surface area contributed by atoms with Crippen molar-refractivity contribution >= 4 is 23.9 Å². The number of hydrogen-bond acceptors (Lipinski definition) is 6. The van der Waals surface area contributed by atoms with E-state index in [1.165, 1.54) is 0 Å². The van der Waals surface area contributed by atoms with Crippen LogP contribution in [0.3, 0.4) is 0 Å². The normalized spacial score (nSPS) is 47.7. The Bertz CT molecular complexity index is 554. The maximum atomic E-state index is 11.4. The zero-order valence-corrected chi connectivity index (χ0v) is 14.7. The molecule has 0 amide bonds. The first-order valence-corrected chi connectivity index (χ1v) is 10.1. The van der Waals surface area contributed by atoms with Gasteiger partial charge < -0.3 is 9.47 Å². The van der Waals surface area contributed by atoms with Crippen LogP contribution in [0, 0.1) is 47.3 Å². The first-order chi connectivity index (χ1) is 12.5. The first-order valence-electron chi connectivity index (χ1n) is 10.1. The van der Waals surface area contributed by atoms with Crippen molar-refractivity contribution in [1.82, 2.24) is 0 Å². The standard InChI is InChI=1S/2C10H12O3/c2*11-9-7-5-1-2-6(4-3-5)8(7)10(12)13-9/h2*5-8H,1-4H2/t2*5?,6?,7-,8+. The van der Waals surface area contributed by atoms with Crippen molar-refractivity contribution in [3.05, 3.63) is 0 Å². The van der Waals surface area contributed by atoms with Gasteiger partial charge in [0.1, 0.15) is 0 Å². The largest absolute Gasteiger partial charge is 0.393 e. The van der Waals surface area contributed by atoms with E-state index in [0.717, 1.165) is 51.4 Å². The minimum atomic E-state index is -0.246. The Hall–Kier alpha value is -1.72. The van der Waals surface area contributed by atoms with Crippen molar-refractivity contribution in [2.45, 2.75) is 51.4 Å². The van der Waals surface area contributed by atoms with Gasteiger partial charge in [-0.3, -0.25) is 19.2 Å².